The Morgan fingerprint density at radius 2 is 2.36 bits per heavy atom. The Kier molecular flexibility index (Phi) is 5.17. The molecule has 62 valence electrons. The van der Waals surface area contributed by atoms with Crippen LogP contribution in [-0.4, -0.2) is 6.21 Å². The van der Waals surface area contributed by atoms with Gasteiger partial charge in [-0.1, -0.05) is 32.6 Å². The van der Waals surface area contributed by atoms with Gasteiger partial charge in [0.1, 0.15) is 0 Å². The quantitative estimate of drug-likeness (QED) is 0.285. The molecule has 0 rings (SSSR count). The topological polar surface area (TPSA) is 38.4 Å². The van der Waals surface area contributed by atoms with E-state index in [0.29, 0.717) is 5.92 Å². The van der Waals surface area contributed by atoms with Crippen molar-refractivity contribution < 1.29 is 0 Å². The Bertz CT molecular complexity index is 168. The zero-order valence-corrected chi connectivity index (χ0v) is 7.25. The van der Waals surface area contributed by atoms with Crippen LogP contribution in [0.1, 0.15) is 20.3 Å². The largest absolute Gasteiger partial charge is 0.323 e. The van der Waals surface area contributed by atoms with E-state index in [1.54, 1.807) is 12.3 Å². The lowest BCUT2D eigenvalue weighted by Gasteiger charge is -2.07. The highest BCUT2D eigenvalue weighted by atomic mass is 15.1. The van der Waals surface area contributed by atoms with Crippen molar-refractivity contribution in [3.05, 3.63) is 24.3 Å². The summed E-state index contributed by atoms with van der Waals surface area (Å²) in [6.45, 7) is 7.89. The average molecular weight is 152 g/mol. The van der Waals surface area contributed by atoms with Crippen LogP contribution in [0, 0.1) is 5.92 Å². The van der Waals surface area contributed by atoms with E-state index in [0.717, 1.165) is 12.0 Å². The van der Waals surface area contributed by atoms with Gasteiger partial charge in [-0.2, -0.15) is 5.10 Å². The lowest BCUT2D eigenvalue weighted by molar-refractivity contribution is 0.680. The predicted octanol–water partition coefficient (Wildman–Crippen LogP) is 2.09. The summed E-state index contributed by atoms with van der Waals surface area (Å²) in [6.07, 6.45) is 6.45. The molecular weight excluding hydrogens is 136 g/mol. The molecule has 2 nitrogen and oxygen atoms in total. The Balaban J connectivity index is 4.32. The van der Waals surface area contributed by atoms with E-state index in [-0.39, 0.29) is 0 Å². The van der Waals surface area contributed by atoms with Crippen LogP contribution in [0.15, 0.2) is 29.4 Å². The van der Waals surface area contributed by atoms with Crippen molar-refractivity contribution in [2.75, 3.05) is 0 Å². The highest BCUT2D eigenvalue weighted by molar-refractivity contribution is 5.79. The second-order valence-corrected chi connectivity index (χ2v) is 2.49. The van der Waals surface area contributed by atoms with Crippen LogP contribution >= 0.6 is 0 Å². The molecule has 0 aromatic carbocycles. The third-order valence-electron chi connectivity index (χ3n) is 1.72. The third kappa shape index (κ3) is 3.61. The Hall–Kier alpha value is -1.05. The fraction of sp³-hybridized carbons (Fsp3) is 0.444. The molecule has 0 saturated heterocycles. The molecule has 0 spiro atoms. The molecule has 0 saturated carbocycles. The van der Waals surface area contributed by atoms with Gasteiger partial charge in [-0.3, -0.25) is 0 Å². The Morgan fingerprint density at radius 1 is 1.73 bits per heavy atom. The van der Waals surface area contributed by atoms with E-state index in [2.05, 4.69) is 25.5 Å². The van der Waals surface area contributed by atoms with Gasteiger partial charge in [-0.25, -0.2) is 0 Å². The number of nitrogens with two attached hydrogens (primary N) is 1. The molecule has 0 aliphatic carbocycles. The maximum atomic E-state index is 5.05. The van der Waals surface area contributed by atoms with Crippen LogP contribution < -0.4 is 5.84 Å². The minimum atomic E-state index is 0.500. The highest BCUT2D eigenvalue weighted by Crippen LogP contribution is 2.11. The molecule has 1 unspecified atom stereocenters. The minimum absolute atomic E-state index is 0.500. The van der Waals surface area contributed by atoms with Crippen molar-refractivity contribution in [2.45, 2.75) is 20.3 Å². The first-order valence-electron chi connectivity index (χ1n) is 3.82. The summed E-state index contributed by atoms with van der Waals surface area (Å²) in [7, 11) is 0. The third-order valence-corrected chi connectivity index (χ3v) is 1.72. The van der Waals surface area contributed by atoms with Gasteiger partial charge in [-0.15, -0.1) is 0 Å². The summed E-state index contributed by atoms with van der Waals surface area (Å²) in [5.41, 5.74) is 1.13. The number of rotatable bonds is 4. The summed E-state index contributed by atoms with van der Waals surface area (Å²) in [4.78, 5) is 0. The molecule has 0 aliphatic rings. The van der Waals surface area contributed by atoms with Gasteiger partial charge in [0.2, 0.25) is 0 Å². The molecule has 1 atom stereocenters. The smallest absolute Gasteiger partial charge is 0.0500 e. The second kappa shape index (κ2) is 5.71. The molecule has 2 N–H and O–H groups in total. The molecule has 0 aromatic rings. The van der Waals surface area contributed by atoms with Crippen molar-refractivity contribution in [2.24, 2.45) is 16.9 Å². The monoisotopic (exact) mass is 152 g/mol. The summed E-state index contributed by atoms with van der Waals surface area (Å²) in [5.74, 6) is 5.55. The molecule has 0 aromatic heterocycles. The predicted molar refractivity (Wildman–Crippen MR) is 50.4 cm³/mol. The van der Waals surface area contributed by atoms with Gasteiger partial charge in [0.25, 0.3) is 0 Å². The number of hydrogen-bond donors (Lipinski definition) is 1. The van der Waals surface area contributed by atoms with E-state index < -0.39 is 0 Å². The standard InChI is InChI=1S/C9H16N2/c1-4-6-9(7-11-10)8(3)5-2/h4,6-8H,1,5,10H2,2-3H3/b9-6+,11-7-. The zero-order chi connectivity index (χ0) is 8.69. The minimum Gasteiger partial charge on any atom is -0.323 e. The van der Waals surface area contributed by atoms with Gasteiger partial charge in [0.15, 0.2) is 0 Å². The molecule has 0 radical (unpaired) electrons. The van der Waals surface area contributed by atoms with E-state index in [4.69, 9.17) is 5.84 Å². The first-order valence-corrected chi connectivity index (χ1v) is 3.82. The molecule has 0 aliphatic heterocycles. The van der Waals surface area contributed by atoms with E-state index in [9.17, 15) is 0 Å². The molecule has 0 heterocycles. The number of allylic oxidation sites excluding steroid dienone is 3. The van der Waals surface area contributed by atoms with Crippen molar-refractivity contribution in [1.29, 1.82) is 0 Å². The Morgan fingerprint density at radius 3 is 2.73 bits per heavy atom. The van der Waals surface area contributed by atoms with Crippen molar-refractivity contribution in [1.82, 2.24) is 0 Å². The second-order valence-electron chi connectivity index (χ2n) is 2.49. The molecule has 0 amide bonds. The van der Waals surface area contributed by atoms with Gasteiger partial charge < -0.3 is 5.84 Å². The van der Waals surface area contributed by atoms with Gasteiger partial charge in [0.05, 0.1) is 0 Å². The van der Waals surface area contributed by atoms with Crippen LogP contribution in [0.3, 0.4) is 0 Å². The lowest BCUT2D eigenvalue weighted by atomic mass is 9.99. The average Bonchev–Trinajstić information content (AvgIpc) is 2.03. The highest BCUT2D eigenvalue weighted by Gasteiger charge is 2.01. The SMILES string of the molecule is C=C/C=C(\C=N/N)C(C)CC. The van der Waals surface area contributed by atoms with Crippen LogP contribution in [0.2, 0.25) is 0 Å². The van der Waals surface area contributed by atoms with Crippen LogP contribution in [-0.2, 0) is 0 Å². The normalized spacial score (nSPS) is 15.3. The molecule has 2 heteroatoms. The van der Waals surface area contributed by atoms with E-state index >= 15 is 0 Å². The van der Waals surface area contributed by atoms with Crippen LogP contribution in [0.4, 0.5) is 0 Å². The van der Waals surface area contributed by atoms with Gasteiger partial charge in [0, 0.05) is 6.21 Å². The zero-order valence-electron chi connectivity index (χ0n) is 7.25. The van der Waals surface area contributed by atoms with E-state index in [1.165, 1.54) is 0 Å². The lowest BCUT2D eigenvalue weighted by Crippen LogP contribution is -2.00. The fourth-order valence-electron chi connectivity index (χ4n) is 0.792. The summed E-state index contributed by atoms with van der Waals surface area (Å²) < 4.78 is 0. The fourth-order valence-corrected chi connectivity index (χ4v) is 0.792. The van der Waals surface area contributed by atoms with Crippen molar-refractivity contribution in [3.63, 3.8) is 0 Å². The maximum Gasteiger partial charge on any atom is 0.0500 e. The van der Waals surface area contributed by atoms with Crippen LogP contribution in [0.25, 0.3) is 0 Å². The number of hydrazone groups is 1. The molecular formula is C9H16N2. The van der Waals surface area contributed by atoms with Crippen molar-refractivity contribution >= 4 is 6.21 Å². The molecule has 0 bridgehead atoms. The summed E-state index contributed by atoms with van der Waals surface area (Å²) in [5, 5.41) is 3.48. The number of nitrogens with zero attached hydrogens (tertiary/aromatic N) is 1. The maximum absolute atomic E-state index is 5.05. The first-order chi connectivity index (χ1) is 5.26. The number of hydrogen-bond acceptors (Lipinski definition) is 2. The Labute approximate surface area is 68.5 Å². The summed E-state index contributed by atoms with van der Waals surface area (Å²) >= 11 is 0. The first kappa shape index (κ1) is 9.95. The van der Waals surface area contributed by atoms with Crippen molar-refractivity contribution in [3.8, 4) is 0 Å². The summed E-state index contributed by atoms with van der Waals surface area (Å²) in [6, 6.07) is 0. The van der Waals surface area contributed by atoms with Crippen LogP contribution in [0.5, 0.6) is 0 Å². The molecule has 11 heavy (non-hydrogen) atoms. The van der Waals surface area contributed by atoms with E-state index in [1.807, 2.05) is 6.08 Å². The molecule has 0 fully saturated rings. The van der Waals surface area contributed by atoms with Gasteiger partial charge >= 0.3 is 0 Å². The van der Waals surface area contributed by atoms with Gasteiger partial charge in [-0.05, 0) is 17.9 Å².